The minimum atomic E-state index is -0.618. The Balaban J connectivity index is 1.38. The van der Waals surface area contributed by atoms with Gasteiger partial charge in [-0.3, -0.25) is 4.98 Å². The monoisotopic (exact) mass is 588 g/mol. The summed E-state index contributed by atoms with van der Waals surface area (Å²) in [5, 5.41) is 12.4. The Morgan fingerprint density at radius 1 is 1.07 bits per heavy atom. The Labute approximate surface area is 250 Å². The summed E-state index contributed by atoms with van der Waals surface area (Å²) >= 11 is 0. The lowest BCUT2D eigenvalue weighted by Gasteiger charge is -2.36. The third-order valence-corrected chi connectivity index (χ3v) is 8.05. The van der Waals surface area contributed by atoms with Gasteiger partial charge in [0.1, 0.15) is 35.0 Å². The maximum absolute atomic E-state index is 16.5. The van der Waals surface area contributed by atoms with E-state index in [9.17, 15) is 9.90 Å². The zero-order chi connectivity index (χ0) is 30.3. The molecule has 0 unspecified atom stereocenters. The number of pyridine rings is 1. The first-order valence-electron chi connectivity index (χ1n) is 14.7. The topological polar surface area (TPSA) is 104 Å². The first-order chi connectivity index (χ1) is 20.6. The number of likely N-dealkylation sites (N-methyl/N-ethyl adjacent to an activating group) is 1. The molecule has 6 rings (SSSR count). The molecule has 1 atom stereocenters. The van der Waals surface area contributed by atoms with Gasteiger partial charge in [-0.2, -0.15) is 9.97 Å². The van der Waals surface area contributed by atoms with E-state index in [4.69, 9.17) is 14.5 Å². The Morgan fingerprint density at radius 3 is 2.56 bits per heavy atom. The summed E-state index contributed by atoms with van der Waals surface area (Å²) in [6.45, 7) is 8.70. The molecule has 0 aliphatic carbocycles. The predicted molar refractivity (Wildman–Crippen MR) is 163 cm³/mol. The van der Waals surface area contributed by atoms with Crippen molar-refractivity contribution in [2.24, 2.45) is 0 Å². The summed E-state index contributed by atoms with van der Waals surface area (Å²) < 4.78 is 28.1. The van der Waals surface area contributed by atoms with E-state index in [2.05, 4.69) is 21.9 Å². The van der Waals surface area contributed by atoms with Crippen LogP contribution in [0.25, 0.3) is 32.9 Å². The summed E-state index contributed by atoms with van der Waals surface area (Å²) in [4.78, 5) is 32.4. The van der Waals surface area contributed by atoms with Crippen molar-refractivity contribution in [1.29, 1.82) is 0 Å². The number of likely N-dealkylation sites (tertiary alicyclic amines) is 1. The highest BCUT2D eigenvalue weighted by Crippen LogP contribution is 2.37. The second-order valence-electron chi connectivity index (χ2n) is 12.3. The molecule has 0 spiro atoms. The van der Waals surface area contributed by atoms with Crippen LogP contribution in [0.2, 0.25) is 0 Å². The molecule has 2 saturated heterocycles. The van der Waals surface area contributed by atoms with Crippen molar-refractivity contribution >= 4 is 33.6 Å². The number of benzene rings is 2. The number of rotatable bonds is 5. The number of fused-ring (bicyclic) bond motifs is 2. The number of ether oxygens (including phenoxy) is 2. The minimum absolute atomic E-state index is 0.0194. The van der Waals surface area contributed by atoms with Crippen LogP contribution in [0, 0.1) is 5.82 Å². The number of hydrogen-bond donors (Lipinski definition) is 1. The summed E-state index contributed by atoms with van der Waals surface area (Å²) in [6.07, 6.45) is 3.32. The van der Waals surface area contributed by atoms with E-state index in [0.717, 1.165) is 30.2 Å². The van der Waals surface area contributed by atoms with Crippen molar-refractivity contribution in [3.8, 4) is 23.0 Å². The van der Waals surface area contributed by atoms with Gasteiger partial charge in [0.25, 0.3) is 0 Å². The van der Waals surface area contributed by atoms with Crippen molar-refractivity contribution in [3.05, 3.63) is 48.4 Å². The quantitative estimate of drug-likeness (QED) is 0.336. The fourth-order valence-electron chi connectivity index (χ4n) is 5.79. The molecule has 10 nitrogen and oxygen atoms in total. The molecule has 0 saturated carbocycles. The van der Waals surface area contributed by atoms with Crippen LogP contribution in [-0.4, -0.2) is 94.0 Å². The molecule has 2 fully saturated rings. The number of carbonyl (C=O) groups excluding carboxylic acids is 1. The second-order valence-corrected chi connectivity index (χ2v) is 12.3. The van der Waals surface area contributed by atoms with E-state index in [1.807, 2.05) is 49.9 Å². The average molecular weight is 589 g/mol. The smallest absolute Gasteiger partial charge is 0.410 e. The number of hydrogen-bond acceptors (Lipinski definition) is 9. The predicted octanol–water partition coefficient (Wildman–Crippen LogP) is 5.22. The Morgan fingerprint density at radius 2 is 1.84 bits per heavy atom. The van der Waals surface area contributed by atoms with E-state index < -0.39 is 11.4 Å². The van der Waals surface area contributed by atoms with Gasteiger partial charge in [0, 0.05) is 44.0 Å². The normalized spacial score (nSPS) is 18.0. The van der Waals surface area contributed by atoms with Crippen LogP contribution in [0.15, 0.2) is 42.6 Å². The number of halogens is 1. The largest absolute Gasteiger partial charge is 0.508 e. The van der Waals surface area contributed by atoms with Crippen molar-refractivity contribution in [2.75, 3.05) is 51.3 Å². The third kappa shape index (κ3) is 5.99. The molecule has 0 radical (unpaired) electrons. The molecule has 1 amide bonds. The van der Waals surface area contributed by atoms with E-state index in [1.165, 1.54) is 6.07 Å². The third-order valence-electron chi connectivity index (χ3n) is 8.05. The lowest BCUT2D eigenvalue weighted by Crippen LogP contribution is -2.50. The molecule has 226 valence electrons. The highest BCUT2D eigenvalue weighted by atomic mass is 19.1. The molecule has 43 heavy (non-hydrogen) atoms. The molecule has 4 heterocycles. The number of nitrogens with zero attached hydrogens (tertiary/aromatic N) is 6. The van der Waals surface area contributed by atoms with Crippen LogP contribution in [0.1, 0.15) is 33.6 Å². The number of aromatic nitrogens is 3. The van der Waals surface area contributed by atoms with Crippen LogP contribution in [-0.2, 0) is 4.74 Å². The van der Waals surface area contributed by atoms with Crippen molar-refractivity contribution in [2.45, 2.75) is 45.3 Å². The van der Waals surface area contributed by atoms with E-state index in [1.54, 1.807) is 17.2 Å². The van der Waals surface area contributed by atoms with Gasteiger partial charge in [-0.15, -0.1) is 0 Å². The fraction of sp³-hybridized carbons (Fsp3) is 0.438. The van der Waals surface area contributed by atoms with Crippen molar-refractivity contribution in [3.63, 3.8) is 0 Å². The molecule has 2 aromatic carbocycles. The van der Waals surface area contributed by atoms with Gasteiger partial charge in [0.05, 0.1) is 5.39 Å². The van der Waals surface area contributed by atoms with E-state index in [0.29, 0.717) is 49.6 Å². The van der Waals surface area contributed by atoms with Crippen LogP contribution in [0.5, 0.6) is 11.8 Å². The molecule has 11 heteroatoms. The Kier molecular flexibility index (Phi) is 7.68. The molecule has 2 aromatic heterocycles. The van der Waals surface area contributed by atoms with Gasteiger partial charge in [-0.05, 0) is 70.1 Å². The van der Waals surface area contributed by atoms with Crippen molar-refractivity contribution < 1.29 is 23.8 Å². The van der Waals surface area contributed by atoms with Gasteiger partial charge in [0.2, 0.25) is 0 Å². The lowest BCUT2D eigenvalue weighted by molar-refractivity contribution is 0.0240. The standard InChI is InChI=1S/C32H37FN6O4/c1-32(2,3)43-31(41)39-14-12-38(13-15-39)29-25-18-34-27(24-17-22(40)16-20-8-5-6-10-23(20)24)26(33)28(25)35-30(36-29)42-19-21-9-7-11-37(21)4/h5-6,8,10,16-18,21,40H,7,9,11-15,19H2,1-4H3/t21-/m0/s1. The number of piperazine rings is 1. The fourth-order valence-corrected chi connectivity index (χ4v) is 5.79. The van der Waals surface area contributed by atoms with E-state index in [-0.39, 0.29) is 35.1 Å². The minimum Gasteiger partial charge on any atom is -0.508 e. The maximum atomic E-state index is 16.5. The zero-order valence-corrected chi connectivity index (χ0v) is 25.0. The van der Waals surface area contributed by atoms with Crippen LogP contribution < -0.4 is 9.64 Å². The molecule has 2 aliphatic heterocycles. The lowest BCUT2D eigenvalue weighted by atomic mass is 10.0. The van der Waals surface area contributed by atoms with Crippen LogP contribution in [0.4, 0.5) is 15.0 Å². The molecular formula is C32H37FN6O4. The number of aromatic hydroxyl groups is 1. The Bertz CT molecular complexity index is 1670. The Hall–Kier alpha value is -4.25. The van der Waals surface area contributed by atoms with Crippen molar-refractivity contribution in [1.82, 2.24) is 24.8 Å². The van der Waals surface area contributed by atoms with Gasteiger partial charge in [0.15, 0.2) is 5.82 Å². The number of amides is 1. The SMILES string of the molecule is CN1CCC[C@H]1COc1nc(N2CCN(C(=O)OC(C)(C)C)CC2)c2cnc(-c3cc(O)cc4ccccc34)c(F)c2n1. The zero-order valence-electron chi connectivity index (χ0n) is 25.0. The molecule has 0 bridgehead atoms. The number of carbonyl (C=O) groups is 1. The molecule has 4 aromatic rings. The maximum Gasteiger partial charge on any atom is 0.410 e. The van der Waals surface area contributed by atoms with Gasteiger partial charge in [-0.25, -0.2) is 9.18 Å². The van der Waals surface area contributed by atoms with Gasteiger partial charge in [-0.1, -0.05) is 24.3 Å². The summed E-state index contributed by atoms with van der Waals surface area (Å²) in [6, 6.07) is 10.9. The first-order valence-corrected chi connectivity index (χ1v) is 14.7. The highest BCUT2D eigenvalue weighted by Gasteiger charge is 2.29. The van der Waals surface area contributed by atoms with Crippen LogP contribution in [0.3, 0.4) is 0 Å². The first kappa shape index (κ1) is 28.9. The number of anilines is 1. The number of phenolic OH excluding ortho intramolecular Hbond substituents is 1. The second kappa shape index (κ2) is 11.4. The van der Waals surface area contributed by atoms with E-state index >= 15 is 4.39 Å². The molecular weight excluding hydrogens is 551 g/mol. The number of phenols is 1. The molecule has 2 aliphatic rings. The summed E-state index contributed by atoms with van der Waals surface area (Å²) in [5.74, 6) is -0.0969. The highest BCUT2D eigenvalue weighted by molar-refractivity contribution is 5.99. The average Bonchev–Trinajstić information content (AvgIpc) is 3.39. The van der Waals surface area contributed by atoms with Gasteiger partial charge >= 0.3 is 12.1 Å². The summed E-state index contributed by atoms with van der Waals surface area (Å²) in [5.41, 5.74) is 0.0572. The molecule has 1 N–H and O–H groups in total. The van der Waals surface area contributed by atoms with Crippen LogP contribution >= 0.6 is 0 Å². The van der Waals surface area contributed by atoms with Gasteiger partial charge < -0.3 is 29.3 Å². The summed E-state index contributed by atoms with van der Waals surface area (Å²) in [7, 11) is 2.06.